The van der Waals surface area contributed by atoms with Gasteiger partial charge in [0.15, 0.2) is 5.78 Å². The normalized spacial score (nSPS) is 11.3. The van der Waals surface area contributed by atoms with Gasteiger partial charge >= 0.3 is 5.97 Å². The molecule has 0 atom stereocenters. The number of benzene rings is 2. The maximum atomic E-state index is 12.6. The van der Waals surface area contributed by atoms with Crippen molar-refractivity contribution >= 4 is 33.3 Å². The zero-order valence-electron chi connectivity index (χ0n) is 13.2. The van der Waals surface area contributed by atoms with Crippen molar-refractivity contribution in [1.29, 1.82) is 0 Å². The topological polar surface area (TPSA) is 54.4 Å². The van der Waals surface area contributed by atoms with E-state index in [1.807, 2.05) is 51.1 Å². The minimum absolute atomic E-state index is 0.0766. The van der Waals surface area contributed by atoms with Crippen LogP contribution < -0.4 is 0 Å². The van der Waals surface area contributed by atoms with Crippen molar-refractivity contribution < 1.29 is 14.7 Å². The first-order chi connectivity index (χ1) is 10.8. The first kappa shape index (κ1) is 17.6. The Bertz CT molecular complexity index is 733. The Morgan fingerprint density at radius 1 is 0.826 bits per heavy atom. The van der Waals surface area contributed by atoms with E-state index in [9.17, 15) is 14.7 Å². The second-order valence-corrected chi connectivity index (χ2v) is 8.26. The van der Waals surface area contributed by atoms with Crippen LogP contribution in [0.2, 0.25) is 0 Å². The van der Waals surface area contributed by atoms with Crippen molar-refractivity contribution in [2.24, 2.45) is 5.41 Å². The van der Waals surface area contributed by atoms with Crippen LogP contribution in [-0.4, -0.2) is 16.9 Å². The molecule has 0 radical (unpaired) electrons. The highest BCUT2D eigenvalue weighted by Crippen LogP contribution is 2.41. The summed E-state index contributed by atoms with van der Waals surface area (Å²) in [6.07, 6.45) is 0. The zero-order chi connectivity index (χ0) is 17.0. The number of aromatic carboxylic acids is 1. The van der Waals surface area contributed by atoms with Gasteiger partial charge in [0.1, 0.15) is 0 Å². The van der Waals surface area contributed by atoms with Crippen LogP contribution in [0.1, 0.15) is 41.5 Å². The Morgan fingerprint density at radius 2 is 1.26 bits per heavy atom. The summed E-state index contributed by atoms with van der Waals surface area (Å²) >= 11 is 0. The molecule has 2 aromatic rings. The average Bonchev–Trinajstić information content (AvgIpc) is 2.51. The lowest BCUT2D eigenvalue weighted by Gasteiger charge is -2.18. The predicted molar refractivity (Wildman–Crippen MR) is 95.3 cm³/mol. The second-order valence-electron chi connectivity index (χ2n) is 6.04. The molecule has 0 amide bonds. The van der Waals surface area contributed by atoms with Gasteiger partial charge in [-0.3, -0.25) is 4.79 Å². The Labute approximate surface area is 143 Å². The molecule has 0 unspecified atom stereocenters. The lowest BCUT2D eigenvalue weighted by atomic mass is 9.86. The first-order valence-corrected chi connectivity index (χ1v) is 9.26. The van der Waals surface area contributed by atoms with Crippen LogP contribution in [0.15, 0.2) is 58.3 Å². The third kappa shape index (κ3) is 4.39. The third-order valence-electron chi connectivity index (χ3n) is 3.15. The summed E-state index contributed by atoms with van der Waals surface area (Å²) < 4.78 is 0. The molecule has 0 aliphatic heterocycles. The molecule has 0 saturated heterocycles. The van der Waals surface area contributed by atoms with Crippen LogP contribution in [0.4, 0.5) is 0 Å². The second kappa shape index (κ2) is 7.23. The standard InChI is InChI=1S/C18H18O3S2/c1-18(2,3)16(19)12-8-4-6-10-14(12)22-23-15-11-7-5-9-13(15)17(20)21/h4-11H,1-3H3,(H,20,21). The van der Waals surface area contributed by atoms with Gasteiger partial charge in [0.25, 0.3) is 0 Å². The Kier molecular flexibility index (Phi) is 5.55. The molecule has 0 heterocycles. The molecule has 0 aliphatic rings. The number of carbonyl (C=O) groups is 2. The summed E-state index contributed by atoms with van der Waals surface area (Å²) in [5, 5.41) is 9.24. The van der Waals surface area contributed by atoms with Crippen molar-refractivity contribution in [2.75, 3.05) is 0 Å². The number of ketones is 1. The molecule has 2 rings (SSSR count). The fourth-order valence-electron chi connectivity index (χ4n) is 1.94. The largest absolute Gasteiger partial charge is 0.478 e. The third-order valence-corrected chi connectivity index (χ3v) is 5.63. The quantitative estimate of drug-likeness (QED) is 0.579. The molecule has 3 nitrogen and oxygen atoms in total. The van der Waals surface area contributed by atoms with Crippen LogP contribution in [0.5, 0.6) is 0 Å². The molecule has 5 heteroatoms. The Hall–Kier alpha value is -1.72. The highest BCUT2D eigenvalue weighted by Gasteiger charge is 2.25. The summed E-state index contributed by atoms with van der Waals surface area (Å²) in [5.74, 6) is -0.875. The smallest absolute Gasteiger partial charge is 0.336 e. The molecule has 0 saturated carbocycles. The molecule has 0 fully saturated rings. The van der Waals surface area contributed by atoms with Gasteiger partial charge < -0.3 is 5.11 Å². The summed E-state index contributed by atoms with van der Waals surface area (Å²) in [6, 6.07) is 14.3. The van der Waals surface area contributed by atoms with Crippen LogP contribution >= 0.6 is 21.6 Å². The highest BCUT2D eigenvalue weighted by atomic mass is 33.1. The summed E-state index contributed by atoms with van der Waals surface area (Å²) in [7, 11) is 2.76. The van der Waals surface area contributed by atoms with Crippen molar-refractivity contribution in [3.8, 4) is 0 Å². The van der Waals surface area contributed by atoms with Crippen LogP contribution in [0, 0.1) is 5.41 Å². The first-order valence-electron chi connectivity index (χ1n) is 7.11. The number of carbonyl (C=O) groups excluding carboxylic acids is 1. The molecule has 120 valence electrons. The van der Waals surface area contributed by atoms with Gasteiger partial charge in [-0.05, 0) is 18.2 Å². The van der Waals surface area contributed by atoms with Gasteiger partial charge in [-0.1, -0.05) is 72.7 Å². The van der Waals surface area contributed by atoms with E-state index >= 15 is 0 Å². The van der Waals surface area contributed by atoms with Gasteiger partial charge in [-0.15, -0.1) is 0 Å². The fraction of sp³-hybridized carbons (Fsp3) is 0.222. The summed E-state index contributed by atoms with van der Waals surface area (Å²) in [4.78, 5) is 25.3. The monoisotopic (exact) mass is 346 g/mol. The Morgan fingerprint density at radius 3 is 1.74 bits per heavy atom. The molecule has 2 aromatic carbocycles. The molecule has 23 heavy (non-hydrogen) atoms. The van der Waals surface area contributed by atoms with Crippen molar-refractivity contribution in [1.82, 2.24) is 0 Å². The minimum Gasteiger partial charge on any atom is -0.478 e. The molecular formula is C18H18O3S2. The number of hydrogen-bond acceptors (Lipinski definition) is 4. The lowest BCUT2D eigenvalue weighted by molar-refractivity contribution is 0.0693. The van der Waals surface area contributed by atoms with E-state index in [2.05, 4.69) is 0 Å². The zero-order valence-corrected chi connectivity index (χ0v) is 14.8. The SMILES string of the molecule is CC(C)(C)C(=O)c1ccccc1SSc1ccccc1C(=O)O. The highest BCUT2D eigenvalue weighted by molar-refractivity contribution is 8.76. The van der Waals surface area contributed by atoms with Crippen LogP contribution in [0.3, 0.4) is 0 Å². The number of rotatable bonds is 5. The molecule has 1 N–H and O–H groups in total. The van der Waals surface area contributed by atoms with Gasteiger partial charge in [0, 0.05) is 20.8 Å². The van der Waals surface area contributed by atoms with E-state index < -0.39 is 11.4 Å². The van der Waals surface area contributed by atoms with Crippen molar-refractivity contribution in [3.63, 3.8) is 0 Å². The number of Topliss-reactive ketones (excluding diaryl/α,β-unsaturated/α-hetero) is 1. The van der Waals surface area contributed by atoms with E-state index in [0.717, 1.165) is 4.90 Å². The van der Waals surface area contributed by atoms with Gasteiger partial charge in [0.2, 0.25) is 0 Å². The minimum atomic E-state index is -0.951. The molecule has 0 aliphatic carbocycles. The van der Waals surface area contributed by atoms with E-state index in [-0.39, 0.29) is 11.3 Å². The number of carboxylic acids is 1. The molecule has 0 aromatic heterocycles. The average molecular weight is 346 g/mol. The number of hydrogen-bond donors (Lipinski definition) is 1. The van der Waals surface area contributed by atoms with Crippen LogP contribution in [-0.2, 0) is 0 Å². The number of carboxylic acid groups (broad SMARTS) is 1. The van der Waals surface area contributed by atoms with E-state index in [1.54, 1.807) is 18.2 Å². The fourth-order valence-corrected chi connectivity index (χ4v) is 4.29. The van der Waals surface area contributed by atoms with Gasteiger partial charge in [-0.25, -0.2) is 4.79 Å². The van der Waals surface area contributed by atoms with Crippen molar-refractivity contribution in [2.45, 2.75) is 30.6 Å². The van der Waals surface area contributed by atoms with E-state index in [0.29, 0.717) is 10.5 Å². The molecule has 0 spiro atoms. The maximum absolute atomic E-state index is 12.6. The Balaban J connectivity index is 2.26. The van der Waals surface area contributed by atoms with E-state index in [1.165, 1.54) is 21.6 Å². The molecule has 0 bridgehead atoms. The lowest BCUT2D eigenvalue weighted by Crippen LogP contribution is -2.20. The predicted octanol–water partition coefficient (Wildman–Crippen LogP) is 5.41. The van der Waals surface area contributed by atoms with Gasteiger partial charge in [-0.2, -0.15) is 0 Å². The summed E-state index contributed by atoms with van der Waals surface area (Å²) in [6.45, 7) is 5.68. The van der Waals surface area contributed by atoms with Crippen molar-refractivity contribution in [3.05, 3.63) is 59.7 Å². The van der Waals surface area contributed by atoms with Crippen LogP contribution in [0.25, 0.3) is 0 Å². The summed E-state index contributed by atoms with van der Waals surface area (Å²) in [5.41, 5.74) is 0.482. The molecular weight excluding hydrogens is 328 g/mol. The van der Waals surface area contributed by atoms with E-state index in [4.69, 9.17) is 0 Å². The van der Waals surface area contributed by atoms with Gasteiger partial charge in [0.05, 0.1) is 5.56 Å². The maximum Gasteiger partial charge on any atom is 0.336 e.